The van der Waals surface area contributed by atoms with E-state index < -0.39 is 0 Å². The average molecular weight is 278 g/mol. The highest BCUT2D eigenvalue weighted by atomic mass is 16.1. The Hall–Kier alpha value is -2.55. The van der Waals surface area contributed by atoms with Gasteiger partial charge in [-0.1, -0.05) is 43.3 Å². The maximum atomic E-state index is 12.2. The molecule has 1 amide bonds. The van der Waals surface area contributed by atoms with Crippen LogP contribution in [0.25, 0.3) is 5.52 Å². The minimum absolute atomic E-state index is 0.0264. The molecule has 0 aliphatic rings. The van der Waals surface area contributed by atoms with E-state index in [-0.39, 0.29) is 5.91 Å². The van der Waals surface area contributed by atoms with Crippen molar-refractivity contribution in [3.8, 4) is 0 Å². The Morgan fingerprint density at radius 3 is 2.67 bits per heavy atom. The number of benzene rings is 1. The minimum atomic E-state index is -0.0264. The van der Waals surface area contributed by atoms with Gasteiger partial charge >= 0.3 is 0 Å². The van der Waals surface area contributed by atoms with Gasteiger partial charge in [0.2, 0.25) is 0 Å². The first-order valence-electron chi connectivity index (χ1n) is 7.14. The summed E-state index contributed by atoms with van der Waals surface area (Å²) in [5.41, 5.74) is 2.96. The maximum absolute atomic E-state index is 12.2. The largest absolute Gasteiger partial charge is 0.351 e. The predicted octanol–water partition coefficient (Wildman–Crippen LogP) is 3.47. The second-order valence-electron chi connectivity index (χ2n) is 5.28. The van der Waals surface area contributed by atoms with Gasteiger partial charge in [0.15, 0.2) is 0 Å². The van der Waals surface area contributed by atoms with Gasteiger partial charge in [-0.05, 0) is 29.7 Å². The summed E-state index contributed by atoms with van der Waals surface area (Å²) in [6.07, 6.45) is 3.80. The van der Waals surface area contributed by atoms with Gasteiger partial charge in [-0.2, -0.15) is 0 Å². The van der Waals surface area contributed by atoms with E-state index in [0.717, 1.165) is 5.52 Å². The Labute approximate surface area is 124 Å². The summed E-state index contributed by atoms with van der Waals surface area (Å²) >= 11 is 0. The Morgan fingerprint density at radius 1 is 1.14 bits per heavy atom. The second-order valence-corrected chi connectivity index (χ2v) is 5.28. The van der Waals surface area contributed by atoms with Gasteiger partial charge in [0.05, 0.1) is 5.56 Å². The fourth-order valence-corrected chi connectivity index (χ4v) is 2.43. The number of pyridine rings is 1. The number of hydrogen-bond acceptors (Lipinski definition) is 1. The van der Waals surface area contributed by atoms with Crippen molar-refractivity contribution in [1.29, 1.82) is 0 Å². The molecule has 0 radical (unpaired) electrons. The highest BCUT2D eigenvalue weighted by Crippen LogP contribution is 2.14. The number of carbonyl (C=O) groups excluding carboxylic acids is 1. The van der Waals surface area contributed by atoms with Crippen molar-refractivity contribution in [1.82, 2.24) is 9.72 Å². The summed E-state index contributed by atoms with van der Waals surface area (Å²) in [4.78, 5) is 12.2. The molecule has 2 heterocycles. The lowest BCUT2D eigenvalue weighted by atomic mass is 10.0. The number of aromatic nitrogens is 1. The van der Waals surface area contributed by atoms with Gasteiger partial charge in [-0.3, -0.25) is 4.79 Å². The Bertz CT molecular complexity index is 713. The molecule has 3 heteroatoms. The summed E-state index contributed by atoms with van der Waals surface area (Å²) < 4.78 is 1.95. The SMILES string of the molecule is CC(CNC(=O)c1cc2ccccn2c1)c1ccccc1. The van der Waals surface area contributed by atoms with Gasteiger partial charge in [-0.25, -0.2) is 0 Å². The molecule has 0 saturated carbocycles. The van der Waals surface area contributed by atoms with Crippen molar-refractivity contribution in [3.05, 3.63) is 78.1 Å². The fraction of sp³-hybridized carbons (Fsp3) is 0.167. The average Bonchev–Trinajstić information content (AvgIpc) is 2.97. The molecule has 0 bridgehead atoms. The van der Waals surface area contributed by atoms with Crippen molar-refractivity contribution in [2.45, 2.75) is 12.8 Å². The molecular weight excluding hydrogens is 260 g/mol. The third-order valence-electron chi connectivity index (χ3n) is 3.70. The van der Waals surface area contributed by atoms with E-state index in [1.165, 1.54) is 5.56 Å². The monoisotopic (exact) mass is 278 g/mol. The highest BCUT2D eigenvalue weighted by molar-refractivity contribution is 5.95. The second kappa shape index (κ2) is 5.83. The zero-order valence-electron chi connectivity index (χ0n) is 12.0. The standard InChI is InChI=1S/C18H18N2O/c1-14(15-7-3-2-4-8-15)12-19-18(21)16-11-17-9-5-6-10-20(17)13-16/h2-11,13-14H,12H2,1H3,(H,19,21). The van der Waals surface area contributed by atoms with Crippen LogP contribution in [0.2, 0.25) is 0 Å². The van der Waals surface area contributed by atoms with Crippen LogP contribution in [0.15, 0.2) is 67.0 Å². The highest BCUT2D eigenvalue weighted by Gasteiger charge is 2.11. The smallest absolute Gasteiger partial charge is 0.252 e. The molecule has 0 aliphatic carbocycles. The molecule has 1 atom stereocenters. The molecule has 0 spiro atoms. The summed E-state index contributed by atoms with van der Waals surface area (Å²) in [5, 5.41) is 3.01. The first-order valence-corrected chi connectivity index (χ1v) is 7.14. The van der Waals surface area contributed by atoms with Crippen LogP contribution in [0, 0.1) is 0 Å². The Balaban J connectivity index is 1.66. The number of nitrogens with one attached hydrogen (secondary N) is 1. The van der Waals surface area contributed by atoms with Crippen molar-refractivity contribution in [3.63, 3.8) is 0 Å². The normalized spacial score (nSPS) is 12.2. The van der Waals surface area contributed by atoms with Gasteiger partial charge < -0.3 is 9.72 Å². The molecule has 106 valence electrons. The molecule has 1 N–H and O–H groups in total. The van der Waals surface area contributed by atoms with Crippen molar-refractivity contribution < 1.29 is 4.79 Å². The Kier molecular flexibility index (Phi) is 3.73. The van der Waals surface area contributed by atoms with E-state index in [1.54, 1.807) is 0 Å². The molecule has 0 saturated heterocycles. The van der Waals surface area contributed by atoms with E-state index in [1.807, 2.05) is 59.3 Å². The molecule has 21 heavy (non-hydrogen) atoms. The molecule has 1 aromatic carbocycles. The number of fused-ring (bicyclic) bond motifs is 1. The number of hydrogen-bond donors (Lipinski definition) is 1. The summed E-state index contributed by atoms with van der Waals surface area (Å²) in [5.74, 6) is 0.272. The third-order valence-corrected chi connectivity index (χ3v) is 3.70. The molecule has 2 aromatic heterocycles. The first kappa shape index (κ1) is 13.4. The van der Waals surface area contributed by atoms with Crippen molar-refractivity contribution >= 4 is 11.4 Å². The van der Waals surface area contributed by atoms with Crippen molar-refractivity contribution in [2.24, 2.45) is 0 Å². The first-order chi connectivity index (χ1) is 10.2. The summed E-state index contributed by atoms with van der Waals surface area (Å²) in [6.45, 7) is 2.75. The van der Waals surface area contributed by atoms with E-state index in [2.05, 4.69) is 24.4 Å². The van der Waals surface area contributed by atoms with Crippen LogP contribution < -0.4 is 5.32 Å². The molecule has 0 aliphatic heterocycles. The van der Waals surface area contributed by atoms with Crippen molar-refractivity contribution in [2.75, 3.05) is 6.54 Å². The molecule has 1 unspecified atom stereocenters. The van der Waals surface area contributed by atoms with Crippen LogP contribution in [-0.2, 0) is 0 Å². The molecule has 3 nitrogen and oxygen atoms in total. The summed E-state index contributed by atoms with van der Waals surface area (Å²) in [6, 6.07) is 18.0. The van der Waals surface area contributed by atoms with Crippen LogP contribution in [0.4, 0.5) is 0 Å². The van der Waals surface area contributed by atoms with Gasteiger partial charge in [0.1, 0.15) is 0 Å². The van der Waals surface area contributed by atoms with E-state index in [0.29, 0.717) is 18.0 Å². The molecule has 0 fully saturated rings. The van der Waals surface area contributed by atoms with E-state index in [4.69, 9.17) is 0 Å². The number of carbonyl (C=O) groups is 1. The molecular formula is C18H18N2O. The lowest BCUT2D eigenvalue weighted by molar-refractivity contribution is 0.0952. The lowest BCUT2D eigenvalue weighted by Gasteiger charge is -2.12. The number of amides is 1. The quantitative estimate of drug-likeness (QED) is 0.779. The zero-order chi connectivity index (χ0) is 14.7. The third kappa shape index (κ3) is 2.97. The van der Waals surface area contributed by atoms with Gasteiger partial charge in [-0.15, -0.1) is 0 Å². The Morgan fingerprint density at radius 2 is 1.90 bits per heavy atom. The van der Waals surface area contributed by atoms with Crippen LogP contribution >= 0.6 is 0 Å². The van der Waals surface area contributed by atoms with E-state index >= 15 is 0 Å². The van der Waals surface area contributed by atoms with Crippen LogP contribution in [0.3, 0.4) is 0 Å². The number of nitrogens with zero attached hydrogens (tertiary/aromatic N) is 1. The lowest BCUT2D eigenvalue weighted by Crippen LogP contribution is -2.27. The predicted molar refractivity (Wildman–Crippen MR) is 84.6 cm³/mol. The fourth-order valence-electron chi connectivity index (χ4n) is 2.43. The van der Waals surface area contributed by atoms with Crippen LogP contribution in [0.5, 0.6) is 0 Å². The zero-order valence-corrected chi connectivity index (χ0v) is 12.0. The van der Waals surface area contributed by atoms with Crippen LogP contribution in [0.1, 0.15) is 28.8 Å². The van der Waals surface area contributed by atoms with Gasteiger partial charge in [0, 0.05) is 24.5 Å². The number of rotatable bonds is 4. The summed E-state index contributed by atoms with van der Waals surface area (Å²) in [7, 11) is 0. The van der Waals surface area contributed by atoms with Crippen LogP contribution in [-0.4, -0.2) is 16.9 Å². The van der Waals surface area contributed by atoms with Gasteiger partial charge in [0.25, 0.3) is 5.91 Å². The maximum Gasteiger partial charge on any atom is 0.252 e. The minimum Gasteiger partial charge on any atom is -0.351 e. The molecule has 3 rings (SSSR count). The van der Waals surface area contributed by atoms with E-state index in [9.17, 15) is 4.79 Å². The topological polar surface area (TPSA) is 33.5 Å². The molecule has 3 aromatic rings.